The maximum absolute atomic E-state index is 12.3. The zero-order chi connectivity index (χ0) is 16.2. The van der Waals surface area contributed by atoms with Gasteiger partial charge in [-0.1, -0.05) is 34.1 Å². The summed E-state index contributed by atoms with van der Waals surface area (Å²) in [5.74, 6) is 0. The number of benzene rings is 2. The zero-order valence-corrected chi connectivity index (χ0v) is 14.3. The van der Waals surface area contributed by atoms with Gasteiger partial charge in [0, 0.05) is 10.2 Å². The van der Waals surface area contributed by atoms with Gasteiger partial charge in [-0.15, -0.1) is 0 Å². The lowest BCUT2D eigenvalue weighted by molar-refractivity contribution is -0.107. The predicted octanol–water partition coefficient (Wildman–Crippen LogP) is 4.03. The fourth-order valence-corrected chi connectivity index (χ4v) is 3.12. The van der Waals surface area contributed by atoms with Crippen molar-refractivity contribution >= 4 is 54.6 Å². The highest BCUT2D eigenvalue weighted by atomic mass is 79.9. The van der Waals surface area contributed by atoms with Crippen LogP contribution in [0.1, 0.15) is 5.56 Å². The molecular weight excluding hydrogens is 390 g/mol. The van der Waals surface area contributed by atoms with E-state index in [1.807, 2.05) is 0 Å². The number of carbonyl (C=O) groups excluding carboxylic acids is 1. The topological polar surface area (TPSA) is 63.2 Å². The molecule has 0 saturated heterocycles. The van der Waals surface area contributed by atoms with Crippen molar-refractivity contribution in [3.63, 3.8) is 0 Å². The standard InChI is InChI=1S/C15H11BrClNO3S/c16-12-5-7-13(8-6-12)18-22(20,21)14-3-1-2-11(10-14)4-9-15(17)19/h1-10,18H/b9-4+. The molecule has 4 nitrogen and oxygen atoms in total. The van der Waals surface area contributed by atoms with Crippen molar-refractivity contribution in [1.82, 2.24) is 0 Å². The summed E-state index contributed by atoms with van der Waals surface area (Å²) in [5.41, 5.74) is 1.02. The number of allylic oxidation sites excluding steroid dienone is 1. The lowest BCUT2D eigenvalue weighted by Gasteiger charge is -2.08. The Labute approximate surface area is 142 Å². The largest absolute Gasteiger partial charge is 0.280 e. The van der Waals surface area contributed by atoms with E-state index in [0.29, 0.717) is 11.3 Å². The molecule has 0 bridgehead atoms. The number of hydrogen-bond donors (Lipinski definition) is 1. The second-order valence-corrected chi connectivity index (χ2v) is 7.29. The third-order valence-electron chi connectivity index (χ3n) is 2.67. The summed E-state index contributed by atoms with van der Waals surface area (Å²) in [7, 11) is -3.70. The second-order valence-electron chi connectivity index (χ2n) is 4.32. The molecule has 114 valence electrons. The summed E-state index contributed by atoms with van der Waals surface area (Å²) in [6.07, 6.45) is 2.61. The Balaban J connectivity index is 2.27. The van der Waals surface area contributed by atoms with Crippen LogP contribution in [-0.2, 0) is 14.8 Å². The fourth-order valence-electron chi connectivity index (χ4n) is 1.68. The van der Waals surface area contributed by atoms with Crippen LogP contribution in [0.2, 0.25) is 0 Å². The van der Waals surface area contributed by atoms with Crippen molar-refractivity contribution in [2.75, 3.05) is 4.72 Å². The van der Waals surface area contributed by atoms with Crippen LogP contribution < -0.4 is 4.72 Å². The highest BCUT2D eigenvalue weighted by Crippen LogP contribution is 2.19. The van der Waals surface area contributed by atoms with E-state index in [1.165, 1.54) is 18.2 Å². The minimum Gasteiger partial charge on any atom is -0.280 e. The second kappa shape index (κ2) is 7.09. The molecule has 0 saturated carbocycles. The Hall–Kier alpha value is -1.63. The van der Waals surface area contributed by atoms with E-state index in [0.717, 1.165) is 10.5 Å². The van der Waals surface area contributed by atoms with Crippen molar-refractivity contribution in [3.05, 3.63) is 64.6 Å². The monoisotopic (exact) mass is 399 g/mol. The third-order valence-corrected chi connectivity index (χ3v) is 4.71. The predicted molar refractivity (Wildman–Crippen MR) is 91.3 cm³/mol. The normalized spacial score (nSPS) is 11.5. The van der Waals surface area contributed by atoms with Crippen LogP contribution in [0.15, 0.2) is 64.0 Å². The number of halogens is 2. The average Bonchev–Trinajstić information content (AvgIpc) is 2.48. The summed E-state index contributed by atoms with van der Waals surface area (Å²) in [6, 6.07) is 13.0. The van der Waals surface area contributed by atoms with Gasteiger partial charge in [-0.3, -0.25) is 9.52 Å². The van der Waals surface area contributed by atoms with E-state index < -0.39 is 15.3 Å². The van der Waals surface area contributed by atoms with Gasteiger partial charge >= 0.3 is 0 Å². The number of rotatable bonds is 5. The molecule has 0 aliphatic rings. The number of hydrogen-bond acceptors (Lipinski definition) is 3. The smallest absolute Gasteiger partial charge is 0.261 e. The van der Waals surface area contributed by atoms with E-state index in [-0.39, 0.29) is 4.90 Å². The molecule has 0 aromatic heterocycles. The van der Waals surface area contributed by atoms with Gasteiger partial charge in [-0.25, -0.2) is 8.42 Å². The molecule has 0 unspecified atom stereocenters. The van der Waals surface area contributed by atoms with Crippen molar-refractivity contribution in [3.8, 4) is 0 Å². The molecular formula is C15H11BrClNO3S. The molecule has 0 aliphatic carbocycles. The third kappa shape index (κ3) is 4.69. The number of carbonyl (C=O) groups is 1. The Morgan fingerprint density at radius 1 is 1.14 bits per heavy atom. The van der Waals surface area contributed by atoms with E-state index >= 15 is 0 Å². The SMILES string of the molecule is O=C(Cl)/C=C/c1cccc(S(=O)(=O)Nc2ccc(Br)cc2)c1. The van der Waals surface area contributed by atoms with Crippen molar-refractivity contribution in [2.24, 2.45) is 0 Å². The first-order chi connectivity index (χ1) is 10.4. The first-order valence-electron chi connectivity index (χ1n) is 6.13. The first-order valence-corrected chi connectivity index (χ1v) is 8.78. The van der Waals surface area contributed by atoms with Crippen LogP contribution in [0.4, 0.5) is 5.69 Å². The van der Waals surface area contributed by atoms with Gasteiger partial charge in [0.25, 0.3) is 10.0 Å². The van der Waals surface area contributed by atoms with Gasteiger partial charge in [0.15, 0.2) is 0 Å². The Kier molecular flexibility index (Phi) is 5.39. The van der Waals surface area contributed by atoms with Gasteiger partial charge in [0.2, 0.25) is 5.24 Å². The molecule has 0 radical (unpaired) electrons. The maximum Gasteiger partial charge on any atom is 0.261 e. The number of sulfonamides is 1. The Morgan fingerprint density at radius 3 is 2.45 bits per heavy atom. The van der Waals surface area contributed by atoms with Crippen LogP contribution >= 0.6 is 27.5 Å². The first kappa shape index (κ1) is 16.7. The molecule has 0 amide bonds. The summed E-state index contributed by atoms with van der Waals surface area (Å²) in [5, 5.41) is -0.624. The highest BCUT2D eigenvalue weighted by Gasteiger charge is 2.14. The van der Waals surface area contributed by atoms with E-state index in [4.69, 9.17) is 11.6 Å². The van der Waals surface area contributed by atoms with E-state index in [1.54, 1.807) is 36.4 Å². The number of nitrogens with one attached hydrogen (secondary N) is 1. The van der Waals surface area contributed by atoms with Crippen molar-refractivity contribution in [1.29, 1.82) is 0 Å². The summed E-state index contributed by atoms with van der Waals surface area (Å²) >= 11 is 8.50. The quantitative estimate of drug-likeness (QED) is 0.609. The van der Waals surface area contributed by atoms with Crippen molar-refractivity contribution < 1.29 is 13.2 Å². The van der Waals surface area contributed by atoms with Crippen LogP contribution in [-0.4, -0.2) is 13.7 Å². The van der Waals surface area contributed by atoms with Gasteiger partial charge in [0.1, 0.15) is 0 Å². The molecule has 0 spiro atoms. The Bertz CT molecular complexity index is 817. The molecule has 2 rings (SSSR count). The molecule has 0 fully saturated rings. The van der Waals surface area contributed by atoms with E-state index in [2.05, 4.69) is 20.7 Å². The van der Waals surface area contributed by atoms with Gasteiger partial charge in [-0.05, 0) is 59.6 Å². The molecule has 0 aliphatic heterocycles. The molecule has 0 atom stereocenters. The van der Waals surface area contributed by atoms with Crippen molar-refractivity contribution in [2.45, 2.75) is 4.90 Å². The maximum atomic E-state index is 12.3. The lowest BCUT2D eigenvalue weighted by Crippen LogP contribution is -2.12. The Morgan fingerprint density at radius 2 is 1.82 bits per heavy atom. The molecule has 7 heteroatoms. The molecule has 1 N–H and O–H groups in total. The summed E-state index contributed by atoms with van der Waals surface area (Å²) < 4.78 is 28.0. The van der Waals surface area contributed by atoms with E-state index in [9.17, 15) is 13.2 Å². The molecule has 22 heavy (non-hydrogen) atoms. The van der Waals surface area contributed by atoms with Gasteiger partial charge in [0.05, 0.1) is 4.90 Å². The highest BCUT2D eigenvalue weighted by molar-refractivity contribution is 9.10. The van der Waals surface area contributed by atoms with Crippen LogP contribution in [0.5, 0.6) is 0 Å². The molecule has 2 aromatic rings. The molecule has 2 aromatic carbocycles. The van der Waals surface area contributed by atoms with Crippen LogP contribution in [0.3, 0.4) is 0 Å². The summed E-state index contributed by atoms with van der Waals surface area (Å²) in [6.45, 7) is 0. The number of anilines is 1. The molecule has 0 heterocycles. The van der Waals surface area contributed by atoms with Gasteiger partial charge in [-0.2, -0.15) is 0 Å². The van der Waals surface area contributed by atoms with Crippen LogP contribution in [0, 0.1) is 0 Å². The van der Waals surface area contributed by atoms with Gasteiger partial charge < -0.3 is 0 Å². The fraction of sp³-hybridized carbons (Fsp3) is 0. The van der Waals surface area contributed by atoms with Crippen LogP contribution in [0.25, 0.3) is 6.08 Å². The zero-order valence-electron chi connectivity index (χ0n) is 11.2. The minimum atomic E-state index is -3.70. The average molecular weight is 401 g/mol. The summed E-state index contributed by atoms with van der Waals surface area (Å²) in [4.78, 5) is 10.8. The lowest BCUT2D eigenvalue weighted by atomic mass is 10.2. The minimum absolute atomic E-state index is 0.0968.